The maximum Gasteiger partial charge on any atom is 0.413 e. The largest absolute Gasteiger partial charge is 0.457 e. The van der Waals surface area contributed by atoms with Crippen molar-refractivity contribution in [1.29, 1.82) is 0 Å². The fourth-order valence-electron chi connectivity index (χ4n) is 4.58. The number of oxime groups is 1. The molecule has 3 rings (SSSR count). The number of carbonyl (C=O) groups excluding carboxylic acids is 6. The monoisotopic (exact) mass is 730 g/mol. The van der Waals surface area contributed by atoms with Crippen LogP contribution in [0.4, 0.5) is 9.93 Å². The first-order chi connectivity index (χ1) is 23.5. The van der Waals surface area contributed by atoms with Gasteiger partial charge in [0.1, 0.15) is 16.9 Å². The van der Waals surface area contributed by atoms with E-state index < -0.39 is 58.4 Å². The number of hydrogen-bond acceptors (Lipinski definition) is 13. The number of anilines is 1. The van der Waals surface area contributed by atoms with E-state index in [2.05, 4.69) is 26.1 Å². The van der Waals surface area contributed by atoms with Crippen molar-refractivity contribution >= 4 is 57.6 Å². The lowest BCUT2D eigenvalue weighted by molar-refractivity contribution is -0.179. The summed E-state index contributed by atoms with van der Waals surface area (Å²) >= 11 is 0.984. The molecule has 2 atom stereocenters. The lowest BCUT2D eigenvalue weighted by atomic mass is 9.84. The lowest BCUT2D eigenvalue weighted by Crippen LogP contribution is -2.62. The van der Waals surface area contributed by atoms with Crippen molar-refractivity contribution in [2.75, 3.05) is 11.9 Å². The molecule has 3 amide bonds. The minimum absolute atomic E-state index is 0.0105. The van der Waals surface area contributed by atoms with Crippen LogP contribution in [0.3, 0.4) is 0 Å². The first kappa shape index (κ1) is 40.5. The van der Waals surface area contributed by atoms with Crippen LogP contribution in [-0.2, 0) is 40.5 Å². The minimum Gasteiger partial charge on any atom is -0.457 e. The van der Waals surface area contributed by atoms with Crippen LogP contribution in [-0.4, -0.2) is 80.1 Å². The molecule has 0 unspecified atom stereocenters. The highest BCUT2D eigenvalue weighted by Crippen LogP contribution is 2.24. The van der Waals surface area contributed by atoms with Crippen molar-refractivity contribution < 1.29 is 43.1 Å². The Balaban J connectivity index is 1.71. The molecule has 3 heterocycles. The van der Waals surface area contributed by atoms with Gasteiger partial charge in [-0.05, 0) is 62.3 Å². The van der Waals surface area contributed by atoms with E-state index in [-0.39, 0.29) is 59.3 Å². The van der Waals surface area contributed by atoms with Crippen LogP contribution in [0.1, 0.15) is 96.4 Å². The average Bonchev–Trinajstić information content (AvgIpc) is 3.44. The molecule has 0 aromatic carbocycles. The number of aryl methyl sites for hydroxylation is 2. The van der Waals surface area contributed by atoms with Crippen molar-refractivity contribution in [3.63, 3.8) is 0 Å². The standard InChI is InChI=1S/C34H46N6O10S/c1-18-16-40(10)22(14-24(18)42)23(41)11-12-26(44)35-15-20-19(28(45)36-20)13-25(43)27(39-50-34(8,9)29(46)48-32(2,3)4)21-17-51-30(37-21)38-31(47)49-33(5,6)7/h14,16-17,19-20H,11-13,15H2,1-10H3,(H,35,44)(H,36,45)(H,37,38,47)/b39-27-/t19-,20+/m0/s1. The third-order valence-electron chi connectivity index (χ3n) is 7.24. The van der Waals surface area contributed by atoms with Gasteiger partial charge in [0.25, 0.3) is 0 Å². The number of ketones is 2. The van der Waals surface area contributed by atoms with Gasteiger partial charge in [-0.15, -0.1) is 11.3 Å². The Bertz CT molecular complexity index is 1780. The van der Waals surface area contributed by atoms with E-state index in [1.54, 1.807) is 61.7 Å². The van der Waals surface area contributed by atoms with Gasteiger partial charge in [-0.3, -0.25) is 29.3 Å². The molecule has 1 fully saturated rings. The summed E-state index contributed by atoms with van der Waals surface area (Å²) in [4.78, 5) is 98.4. The Labute approximate surface area is 299 Å². The topological polar surface area (TPSA) is 213 Å². The summed E-state index contributed by atoms with van der Waals surface area (Å²) in [6.07, 6.45) is 0.134. The van der Waals surface area contributed by atoms with Crippen molar-refractivity contribution in [3.8, 4) is 0 Å². The maximum atomic E-state index is 13.7. The van der Waals surface area contributed by atoms with Crippen LogP contribution >= 0.6 is 11.3 Å². The van der Waals surface area contributed by atoms with Gasteiger partial charge >= 0.3 is 12.1 Å². The molecule has 17 heteroatoms. The van der Waals surface area contributed by atoms with Crippen LogP contribution < -0.4 is 21.4 Å². The number of nitrogens with one attached hydrogen (secondary N) is 3. The van der Waals surface area contributed by atoms with E-state index in [0.29, 0.717) is 5.56 Å². The number of aromatic nitrogens is 2. The molecule has 0 radical (unpaired) electrons. The minimum atomic E-state index is -1.62. The molecule has 51 heavy (non-hydrogen) atoms. The summed E-state index contributed by atoms with van der Waals surface area (Å²) in [7, 11) is 1.64. The quantitative estimate of drug-likeness (QED) is 0.0844. The second kappa shape index (κ2) is 16.0. The number of nitrogens with zero attached hydrogens (tertiary/aromatic N) is 3. The zero-order valence-electron chi connectivity index (χ0n) is 30.5. The van der Waals surface area contributed by atoms with E-state index in [1.807, 2.05) is 0 Å². The number of pyridine rings is 1. The second-order valence-corrected chi connectivity index (χ2v) is 15.5. The SMILES string of the molecule is Cc1cn(C)c(C(=O)CCC(=O)NC[C@H]2NC(=O)[C@H]2CC(=O)/C(=N\OC(C)(C)C(=O)OC(C)(C)C)c2csc(NC(=O)OC(C)(C)C)n2)cc1=O. The van der Waals surface area contributed by atoms with E-state index in [4.69, 9.17) is 14.3 Å². The Kier molecular flexibility index (Phi) is 12.7. The summed E-state index contributed by atoms with van der Waals surface area (Å²) in [5.41, 5.74) is -3.12. The Morgan fingerprint density at radius 1 is 1.00 bits per heavy atom. The predicted molar refractivity (Wildman–Crippen MR) is 188 cm³/mol. The summed E-state index contributed by atoms with van der Waals surface area (Å²) in [5, 5.41) is 13.4. The van der Waals surface area contributed by atoms with Gasteiger partial charge in [0.2, 0.25) is 17.4 Å². The molecular weight excluding hydrogens is 684 g/mol. The van der Waals surface area contributed by atoms with Crippen LogP contribution in [0, 0.1) is 12.8 Å². The first-order valence-electron chi connectivity index (χ1n) is 16.2. The molecule has 1 aliphatic heterocycles. The highest BCUT2D eigenvalue weighted by molar-refractivity contribution is 7.14. The normalized spacial score (nSPS) is 16.4. The van der Waals surface area contributed by atoms with Crippen LogP contribution in [0.5, 0.6) is 0 Å². The van der Waals surface area contributed by atoms with Gasteiger partial charge in [-0.2, -0.15) is 0 Å². The highest BCUT2D eigenvalue weighted by atomic mass is 32.1. The van der Waals surface area contributed by atoms with E-state index in [9.17, 15) is 33.6 Å². The molecule has 0 spiro atoms. The van der Waals surface area contributed by atoms with Gasteiger partial charge in [-0.25, -0.2) is 14.6 Å². The molecule has 2 aromatic heterocycles. The predicted octanol–water partition coefficient (Wildman–Crippen LogP) is 3.19. The molecule has 1 saturated heterocycles. The van der Waals surface area contributed by atoms with Crippen molar-refractivity contribution in [2.45, 2.75) is 104 Å². The summed E-state index contributed by atoms with van der Waals surface area (Å²) in [5.74, 6) is -3.52. The molecule has 278 valence electrons. The Hall–Kier alpha value is -4.93. The number of esters is 1. The van der Waals surface area contributed by atoms with Crippen molar-refractivity contribution in [3.05, 3.63) is 44.8 Å². The molecule has 0 bridgehead atoms. The molecule has 3 N–H and O–H groups in total. The number of carbonyl (C=O) groups is 6. The third kappa shape index (κ3) is 11.8. The second-order valence-electron chi connectivity index (χ2n) is 14.6. The molecule has 1 aliphatic rings. The summed E-state index contributed by atoms with van der Waals surface area (Å²) < 4.78 is 12.2. The first-order valence-corrected chi connectivity index (χ1v) is 17.1. The highest BCUT2D eigenvalue weighted by Gasteiger charge is 2.42. The van der Waals surface area contributed by atoms with Crippen molar-refractivity contribution in [1.82, 2.24) is 20.2 Å². The van der Waals surface area contributed by atoms with Gasteiger partial charge in [0.05, 0.1) is 17.7 Å². The Morgan fingerprint density at radius 2 is 1.65 bits per heavy atom. The number of rotatable bonds is 14. The number of amides is 3. The van der Waals surface area contributed by atoms with Gasteiger partial charge in [0, 0.05) is 56.1 Å². The number of hydrogen-bond donors (Lipinski definition) is 3. The molecule has 2 aromatic rings. The van der Waals surface area contributed by atoms with E-state index >= 15 is 0 Å². The van der Waals surface area contributed by atoms with E-state index in [1.165, 1.54) is 29.9 Å². The smallest absolute Gasteiger partial charge is 0.413 e. The van der Waals surface area contributed by atoms with Crippen LogP contribution in [0.15, 0.2) is 27.6 Å². The fourth-order valence-corrected chi connectivity index (χ4v) is 5.26. The lowest BCUT2D eigenvalue weighted by Gasteiger charge is -2.36. The molecule has 16 nitrogen and oxygen atoms in total. The van der Waals surface area contributed by atoms with Gasteiger partial charge in [-0.1, -0.05) is 5.16 Å². The summed E-state index contributed by atoms with van der Waals surface area (Å²) in [6, 6.07) is 0.630. The molecule has 0 saturated carbocycles. The van der Waals surface area contributed by atoms with Gasteiger partial charge < -0.3 is 29.5 Å². The number of thiazole rings is 1. The van der Waals surface area contributed by atoms with Crippen LogP contribution in [0.25, 0.3) is 0 Å². The Morgan fingerprint density at radius 3 is 2.25 bits per heavy atom. The molecule has 0 aliphatic carbocycles. The zero-order valence-corrected chi connectivity index (χ0v) is 31.4. The zero-order chi connectivity index (χ0) is 38.5. The number of ether oxygens (including phenoxy) is 2. The van der Waals surface area contributed by atoms with Crippen LogP contribution in [0.2, 0.25) is 0 Å². The molecular formula is C34H46N6O10S. The number of Topliss-reactive ketones (excluding diaryl/α,β-unsaturated/α-hetero) is 2. The number of β-lactam (4-membered cyclic amide) rings is 1. The summed E-state index contributed by atoms with van der Waals surface area (Å²) in [6.45, 7) is 14.6. The van der Waals surface area contributed by atoms with E-state index in [0.717, 1.165) is 11.3 Å². The fraction of sp³-hybridized carbons (Fsp3) is 0.559. The van der Waals surface area contributed by atoms with Gasteiger partial charge in [0.15, 0.2) is 27.8 Å². The third-order valence-corrected chi connectivity index (χ3v) is 8.00. The van der Waals surface area contributed by atoms with Crippen molar-refractivity contribution in [2.24, 2.45) is 18.1 Å². The average molecular weight is 731 g/mol. The maximum absolute atomic E-state index is 13.7.